The molecule has 1 aliphatic heterocycles. The normalized spacial score (nSPS) is 16.5. The molecule has 1 N–H and O–H groups in total. The maximum Gasteiger partial charge on any atom is 0.419 e. The van der Waals surface area contributed by atoms with Crippen molar-refractivity contribution < 1.29 is 13.9 Å². The van der Waals surface area contributed by atoms with Crippen LogP contribution in [0.2, 0.25) is 0 Å². The van der Waals surface area contributed by atoms with Crippen molar-refractivity contribution in [1.82, 2.24) is 14.8 Å². The summed E-state index contributed by atoms with van der Waals surface area (Å²) in [5, 5.41) is 3.09. The molecule has 7 heteroatoms. The number of para-hydroxylation sites is 2. The number of carbonyl (C=O) groups is 1. The van der Waals surface area contributed by atoms with Gasteiger partial charge in [0.25, 0.3) is 0 Å². The van der Waals surface area contributed by atoms with Crippen LogP contribution in [-0.4, -0.2) is 54.3 Å². The second kappa shape index (κ2) is 9.89. The van der Waals surface area contributed by atoms with Gasteiger partial charge in [-0.05, 0) is 18.1 Å². The van der Waals surface area contributed by atoms with Crippen LogP contribution in [0.3, 0.4) is 0 Å². The molecule has 2 aromatic rings. The minimum atomic E-state index is -0.419. The summed E-state index contributed by atoms with van der Waals surface area (Å²) in [4.78, 5) is 26.9. The Bertz CT molecular complexity index is 818. The van der Waals surface area contributed by atoms with Gasteiger partial charge in [-0.25, -0.2) is 4.79 Å². The van der Waals surface area contributed by atoms with Crippen molar-refractivity contribution in [3.8, 4) is 0 Å². The van der Waals surface area contributed by atoms with E-state index in [0.717, 1.165) is 44.7 Å². The van der Waals surface area contributed by atoms with Crippen molar-refractivity contribution in [2.24, 2.45) is 5.92 Å². The molecule has 7 nitrogen and oxygen atoms in total. The lowest BCUT2D eigenvalue weighted by atomic mass is 9.92. The first-order chi connectivity index (χ1) is 13.6. The standard InChI is InChI=1S/C21H31N3O4/c1-3-16(4-2)18(23-11-13-27-14-12-23)15-22-20(25)9-10-24-17-7-5-6-8-19(17)28-21(24)26/h5-8,16,18H,3-4,9-15H2,1-2H3,(H,22,25)/t18-/m1/s1. The molecule has 154 valence electrons. The summed E-state index contributed by atoms with van der Waals surface area (Å²) >= 11 is 0. The Kier molecular flexibility index (Phi) is 7.28. The number of fused-ring (bicyclic) bond motifs is 1. The lowest BCUT2D eigenvalue weighted by molar-refractivity contribution is -0.121. The molecule has 0 saturated carbocycles. The number of amides is 1. The van der Waals surface area contributed by atoms with Crippen LogP contribution < -0.4 is 11.1 Å². The summed E-state index contributed by atoms with van der Waals surface area (Å²) < 4.78 is 12.2. The number of rotatable bonds is 9. The van der Waals surface area contributed by atoms with Gasteiger partial charge in [-0.15, -0.1) is 0 Å². The van der Waals surface area contributed by atoms with Crippen molar-refractivity contribution in [1.29, 1.82) is 0 Å². The number of oxazole rings is 1. The quantitative estimate of drug-likeness (QED) is 0.712. The molecule has 2 heterocycles. The Hall–Kier alpha value is -2.12. The van der Waals surface area contributed by atoms with Crippen LogP contribution in [0.1, 0.15) is 33.1 Å². The number of morpholine rings is 1. The average Bonchev–Trinajstić information content (AvgIpc) is 3.05. The van der Waals surface area contributed by atoms with Gasteiger partial charge < -0.3 is 14.5 Å². The highest BCUT2D eigenvalue weighted by Gasteiger charge is 2.27. The number of aryl methyl sites for hydroxylation is 1. The summed E-state index contributed by atoms with van der Waals surface area (Å²) in [6, 6.07) is 7.60. The molecule has 1 atom stereocenters. The predicted octanol–water partition coefficient (Wildman–Crippen LogP) is 2.24. The van der Waals surface area contributed by atoms with E-state index in [9.17, 15) is 9.59 Å². The van der Waals surface area contributed by atoms with Crippen molar-refractivity contribution in [2.45, 2.75) is 45.7 Å². The summed E-state index contributed by atoms with van der Waals surface area (Å²) in [5.41, 5.74) is 1.28. The molecule has 1 amide bonds. The van der Waals surface area contributed by atoms with E-state index in [-0.39, 0.29) is 12.3 Å². The number of aromatic nitrogens is 1. The number of benzene rings is 1. The number of nitrogens with one attached hydrogen (secondary N) is 1. The first kappa shape index (κ1) is 20.6. The third kappa shape index (κ3) is 4.83. The van der Waals surface area contributed by atoms with E-state index in [1.54, 1.807) is 6.07 Å². The highest BCUT2D eigenvalue weighted by molar-refractivity contribution is 5.76. The smallest absolute Gasteiger partial charge is 0.408 e. The molecule has 3 rings (SSSR count). The Balaban J connectivity index is 1.58. The molecule has 28 heavy (non-hydrogen) atoms. The molecule has 0 bridgehead atoms. The summed E-state index contributed by atoms with van der Waals surface area (Å²) in [5.74, 6) is 0.0810. The van der Waals surface area contributed by atoms with Crippen LogP contribution in [-0.2, 0) is 16.1 Å². The van der Waals surface area contributed by atoms with Crippen LogP contribution in [0.4, 0.5) is 0 Å². The maximum absolute atomic E-state index is 12.5. The zero-order valence-electron chi connectivity index (χ0n) is 16.9. The molecule has 1 aromatic heterocycles. The average molecular weight is 389 g/mol. The zero-order chi connectivity index (χ0) is 19.9. The fourth-order valence-electron chi connectivity index (χ4n) is 4.08. The van der Waals surface area contributed by atoms with Gasteiger partial charge in [-0.2, -0.15) is 0 Å². The molecule has 0 radical (unpaired) electrons. The predicted molar refractivity (Wildman–Crippen MR) is 108 cm³/mol. The molecule has 1 fully saturated rings. The number of hydrogen-bond acceptors (Lipinski definition) is 5. The van der Waals surface area contributed by atoms with Crippen LogP contribution in [0.25, 0.3) is 11.1 Å². The topological polar surface area (TPSA) is 76.7 Å². The molecule has 1 aromatic carbocycles. The second-order valence-corrected chi connectivity index (χ2v) is 7.33. The maximum atomic E-state index is 12.5. The highest BCUT2D eigenvalue weighted by Crippen LogP contribution is 2.19. The molecule has 1 aliphatic rings. The minimum Gasteiger partial charge on any atom is -0.408 e. The van der Waals surface area contributed by atoms with Crippen LogP contribution >= 0.6 is 0 Å². The van der Waals surface area contributed by atoms with Crippen molar-refractivity contribution >= 4 is 17.0 Å². The first-order valence-electron chi connectivity index (χ1n) is 10.3. The Morgan fingerprint density at radius 1 is 1.18 bits per heavy atom. The van der Waals surface area contributed by atoms with Crippen LogP contribution in [0.5, 0.6) is 0 Å². The minimum absolute atomic E-state index is 0.0404. The zero-order valence-corrected chi connectivity index (χ0v) is 16.9. The molecular weight excluding hydrogens is 358 g/mol. The molecule has 0 unspecified atom stereocenters. The fourth-order valence-corrected chi connectivity index (χ4v) is 4.08. The first-order valence-corrected chi connectivity index (χ1v) is 10.3. The molecular formula is C21H31N3O4. The summed E-state index contributed by atoms with van der Waals surface area (Å²) in [6.07, 6.45) is 2.43. The molecule has 0 aliphatic carbocycles. The van der Waals surface area contributed by atoms with Gasteiger partial charge >= 0.3 is 5.76 Å². The lowest BCUT2D eigenvalue weighted by Crippen LogP contribution is -2.52. The Morgan fingerprint density at radius 3 is 2.61 bits per heavy atom. The number of hydrogen-bond donors (Lipinski definition) is 1. The number of nitrogens with zero attached hydrogens (tertiary/aromatic N) is 2. The van der Waals surface area contributed by atoms with Gasteiger partial charge in [0, 0.05) is 38.6 Å². The van der Waals surface area contributed by atoms with E-state index in [1.165, 1.54) is 4.57 Å². The van der Waals surface area contributed by atoms with Gasteiger partial charge in [0.05, 0.1) is 18.7 Å². The van der Waals surface area contributed by atoms with E-state index < -0.39 is 5.76 Å². The molecule has 1 saturated heterocycles. The van der Waals surface area contributed by atoms with E-state index in [0.29, 0.717) is 30.6 Å². The van der Waals surface area contributed by atoms with Gasteiger partial charge in [0.2, 0.25) is 5.91 Å². The van der Waals surface area contributed by atoms with Crippen molar-refractivity contribution in [3.63, 3.8) is 0 Å². The Labute approximate surface area is 165 Å². The van der Waals surface area contributed by atoms with Gasteiger partial charge in [-0.3, -0.25) is 14.3 Å². The van der Waals surface area contributed by atoms with Crippen molar-refractivity contribution in [3.05, 3.63) is 34.8 Å². The second-order valence-electron chi connectivity index (χ2n) is 7.33. The van der Waals surface area contributed by atoms with Gasteiger partial charge in [-0.1, -0.05) is 38.8 Å². The largest absolute Gasteiger partial charge is 0.419 e. The van der Waals surface area contributed by atoms with Gasteiger partial charge in [0.15, 0.2) is 5.58 Å². The van der Waals surface area contributed by atoms with Crippen LogP contribution in [0, 0.1) is 5.92 Å². The number of ether oxygens (including phenoxy) is 1. The van der Waals surface area contributed by atoms with E-state index in [2.05, 4.69) is 24.1 Å². The van der Waals surface area contributed by atoms with E-state index in [4.69, 9.17) is 9.15 Å². The van der Waals surface area contributed by atoms with Crippen LogP contribution in [0.15, 0.2) is 33.5 Å². The van der Waals surface area contributed by atoms with E-state index >= 15 is 0 Å². The third-order valence-electron chi connectivity index (χ3n) is 5.75. The molecule has 0 spiro atoms. The monoisotopic (exact) mass is 389 g/mol. The SMILES string of the molecule is CCC(CC)[C@@H](CNC(=O)CCn1c(=O)oc2ccccc21)N1CCOCC1. The highest BCUT2D eigenvalue weighted by atomic mass is 16.5. The number of carbonyl (C=O) groups excluding carboxylic acids is 1. The Morgan fingerprint density at radius 2 is 1.89 bits per heavy atom. The van der Waals surface area contributed by atoms with Gasteiger partial charge in [0.1, 0.15) is 0 Å². The summed E-state index contributed by atoms with van der Waals surface area (Å²) in [6.45, 7) is 8.68. The fraction of sp³-hybridized carbons (Fsp3) is 0.619. The lowest BCUT2D eigenvalue weighted by Gasteiger charge is -2.38. The van der Waals surface area contributed by atoms with Crippen molar-refractivity contribution in [2.75, 3.05) is 32.8 Å². The van der Waals surface area contributed by atoms with E-state index in [1.807, 2.05) is 18.2 Å². The summed E-state index contributed by atoms with van der Waals surface area (Å²) in [7, 11) is 0. The third-order valence-corrected chi connectivity index (χ3v) is 5.75.